The number of carbonyl (C=O) groups excluding carboxylic acids is 2. The molecule has 0 bridgehead atoms. The number of hydrogen-bond donors (Lipinski definition) is 1. The number of primary amides is 1. The fourth-order valence-corrected chi connectivity index (χ4v) is 4.01. The summed E-state index contributed by atoms with van der Waals surface area (Å²) in [4.78, 5) is 28.7. The van der Waals surface area contributed by atoms with Crippen molar-refractivity contribution in [1.29, 1.82) is 0 Å². The number of hydrogen-bond acceptors (Lipinski definition) is 4. The molecular formula is C24H27ClFN3O3. The Morgan fingerprint density at radius 1 is 1.25 bits per heavy atom. The van der Waals surface area contributed by atoms with Crippen LogP contribution in [-0.2, 0) is 11.3 Å². The lowest BCUT2D eigenvalue weighted by Gasteiger charge is -2.39. The molecule has 0 aromatic heterocycles. The molecule has 2 amide bonds. The monoisotopic (exact) mass is 459 g/mol. The highest BCUT2D eigenvalue weighted by Crippen LogP contribution is 2.29. The van der Waals surface area contributed by atoms with Crippen molar-refractivity contribution in [3.05, 3.63) is 70.0 Å². The van der Waals surface area contributed by atoms with E-state index >= 15 is 0 Å². The summed E-state index contributed by atoms with van der Waals surface area (Å²) in [7, 11) is 0. The van der Waals surface area contributed by atoms with Gasteiger partial charge >= 0.3 is 0 Å². The van der Waals surface area contributed by atoms with Gasteiger partial charge in [-0.2, -0.15) is 0 Å². The lowest BCUT2D eigenvalue weighted by Crippen LogP contribution is -2.53. The molecule has 170 valence electrons. The quantitative estimate of drug-likeness (QED) is 0.640. The van der Waals surface area contributed by atoms with E-state index in [2.05, 4.69) is 4.90 Å². The van der Waals surface area contributed by atoms with E-state index in [4.69, 9.17) is 22.1 Å². The molecule has 0 radical (unpaired) electrons. The molecule has 0 spiro atoms. The van der Waals surface area contributed by atoms with Gasteiger partial charge in [0.25, 0.3) is 0 Å². The fraction of sp³-hybridized carbons (Fsp3) is 0.333. The summed E-state index contributed by atoms with van der Waals surface area (Å²) >= 11 is 6.15. The van der Waals surface area contributed by atoms with Gasteiger partial charge in [0.2, 0.25) is 11.8 Å². The van der Waals surface area contributed by atoms with Crippen LogP contribution in [0.5, 0.6) is 5.75 Å². The lowest BCUT2D eigenvalue weighted by molar-refractivity contribution is -0.130. The van der Waals surface area contributed by atoms with Crippen molar-refractivity contribution in [1.82, 2.24) is 9.80 Å². The summed E-state index contributed by atoms with van der Waals surface area (Å²) in [5, 5.41) is 0.287. The largest absolute Gasteiger partial charge is 0.492 e. The minimum absolute atomic E-state index is 0.00108. The van der Waals surface area contributed by atoms with Crippen molar-refractivity contribution >= 4 is 29.5 Å². The van der Waals surface area contributed by atoms with E-state index < -0.39 is 5.91 Å². The van der Waals surface area contributed by atoms with Gasteiger partial charge in [0.15, 0.2) is 0 Å². The van der Waals surface area contributed by atoms with Gasteiger partial charge < -0.3 is 15.4 Å². The van der Waals surface area contributed by atoms with E-state index in [0.717, 1.165) is 5.56 Å². The Morgan fingerprint density at radius 2 is 1.97 bits per heavy atom. The van der Waals surface area contributed by atoms with E-state index in [1.807, 2.05) is 13.8 Å². The zero-order valence-electron chi connectivity index (χ0n) is 18.2. The van der Waals surface area contributed by atoms with Crippen LogP contribution in [0.1, 0.15) is 35.3 Å². The van der Waals surface area contributed by atoms with Crippen LogP contribution in [0.25, 0.3) is 6.08 Å². The average molecular weight is 460 g/mol. The summed E-state index contributed by atoms with van der Waals surface area (Å²) in [6.45, 7) is 6.93. The van der Waals surface area contributed by atoms with Crippen LogP contribution in [0.3, 0.4) is 0 Å². The third kappa shape index (κ3) is 5.87. The number of amides is 2. The van der Waals surface area contributed by atoms with E-state index in [9.17, 15) is 14.0 Å². The summed E-state index contributed by atoms with van der Waals surface area (Å²) in [5.41, 5.74) is 7.20. The Balaban J connectivity index is 1.67. The van der Waals surface area contributed by atoms with Crippen LogP contribution in [0.2, 0.25) is 5.02 Å². The van der Waals surface area contributed by atoms with Crippen LogP contribution < -0.4 is 10.5 Å². The molecule has 1 aliphatic heterocycles. The zero-order chi connectivity index (χ0) is 23.3. The molecule has 0 aliphatic carbocycles. The molecule has 32 heavy (non-hydrogen) atoms. The van der Waals surface area contributed by atoms with Crippen LogP contribution in [0.4, 0.5) is 4.39 Å². The minimum atomic E-state index is -0.634. The average Bonchev–Trinajstić information content (AvgIpc) is 2.75. The maximum absolute atomic E-state index is 13.1. The Labute approximate surface area is 192 Å². The number of rotatable bonds is 7. The van der Waals surface area contributed by atoms with Gasteiger partial charge in [-0.3, -0.25) is 14.5 Å². The molecule has 8 heteroatoms. The van der Waals surface area contributed by atoms with E-state index in [1.165, 1.54) is 24.3 Å². The number of carbonyl (C=O) groups is 2. The maximum Gasteiger partial charge on any atom is 0.249 e. The molecule has 0 saturated carbocycles. The van der Waals surface area contributed by atoms with Crippen LogP contribution in [0.15, 0.2) is 42.5 Å². The molecule has 2 N–H and O–H groups in total. The third-order valence-corrected chi connectivity index (χ3v) is 5.68. The predicted molar refractivity (Wildman–Crippen MR) is 123 cm³/mol. The first-order valence-electron chi connectivity index (χ1n) is 10.5. The van der Waals surface area contributed by atoms with Gasteiger partial charge in [0.1, 0.15) is 11.6 Å². The fourth-order valence-electron chi connectivity index (χ4n) is 3.80. The number of nitrogens with two attached hydrogens (primary N) is 1. The van der Waals surface area contributed by atoms with Crippen molar-refractivity contribution in [2.45, 2.75) is 26.4 Å². The molecule has 1 heterocycles. The first-order valence-corrected chi connectivity index (χ1v) is 10.9. The normalized spacial score (nSPS) is 17.0. The molecule has 1 unspecified atom stereocenters. The van der Waals surface area contributed by atoms with Gasteiger partial charge in [0.05, 0.1) is 11.6 Å². The Hall–Kier alpha value is -2.90. The number of piperazine rings is 1. The standard InChI is InChI=1S/C24H27ClFN3O3/c1-3-32-22-12-18(20(24(27)31)13-21(22)25)6-9-23(30)29-11-10-28(14-16(29)2)15-17-4-7-19(26)8-5-17/h4-9,12-13,16H,3,10-11,14-15H2,1-2H3,(H2,27,31). The molecule has 1 aliphatic rings. The molecule has 1 saturated heterocycles. The highest BCUT2D eigenvalue weighted by molar-refractivity contribution is 6.32. The first kappa shape index (κ1) is 23.8. The minimum Gasteiger partial charge on any atom is -0.492 e. The van der Waals surface area contributed by atoms with Crippen molar-refractivity contribution in [2.75, 3.05) is 26.2 Å². The molecule has 2 aromatic carbocycles. The molecular weight excluding hydrogens is 433 g/mol. The highest BCUT2D eigenvalue weighted by atomic mass is 35.5. The van der Waals surface area contributed by atoms with E-state index in [1.54, 1.807) is 29.2 Å². The maximum atomic E-state index is 13.1. The third-order valence-electron chi connectivity index (χ3n) is 5.39. The smallest absolute Gasteiger partial charge is 0.249 e. The summed E-state index contributed by atoms with van der Waals surface area (Å²) in [5.74, 6) is -0.612. The SMILES string of the molecule is CCOc1cc(C=CC(=O)N2CCN(Cc3ccc(F)cc3)CC2C)c(C(N)=O)cc1Cl. The van der Waals surface area contributed by atoms with Gasteiger partial charge in [0, 0.05) is 43.9 Å². The summed E-state index contributed by atoms with van der Waals surface area (Å²) < 4.78 is 18.6. The zero-order valence-corrected chi connectivity index (χ0v) is 18.9. The Morgan fingerprint density at radius 3 is 2.59 bits per heavy atom. The first-order chi connectivity index (χ1) is 15.3. The van der Waals surface area contributed by atoms with Crippen molar-refractivity contribution in [3.63, 3.8) is 0 Å². The van der Waals surface area contributed by atoms with Crippen molar-refractivity contribution in [2.24, 2.45) is 5.73 Å². The van der Waals surface area contributed by atoms with Gasteiger partial charge in [-0.05, 0) is 55.3 Å². The molecule has 3 rings (SSSR count). The van der Waals surface area contributed by atoms with Crippen LogP contribution in [-0.4, -0.2) is 53.9 Å². The number of ether oxygens (including phenoxy) is 1. The number of benzene rings is 2. The number of halogens is 2. The second kappa shape index (κ2) is 10.6. The van der Waals surface area contributed by atoms with Crippen LogP contribution in [0, 0.1) is 5.82 Å². The summed E-state index contributed by atoms with van der Waals surface area (Å²) in [6.07, 6.45) is 3.01. The lowest BCUT2D eigenvalue weighted by atomic mass is 10.1. The van der Waals surface area contributed by atoms with Crippen molar-refractivity contribution in [3.8, 4) is 5.75 Å². The summed E-state index contributed by atoms with van der Waals surface area (Å²) in [6, 6.07) is 9.53. The van der Waals surface area contributed by atoms with E-state index in [0.29, 0.717) is 44.1 Å². The molecule has 1 atom stereocenters. The van der Waals surface area contributed by atoms with Gasteiger partial charge in [-0.1, -0.05) is 23.7 Å². The predicted octanol–water partition coefficient (Wildman–Crippen LogP) is 3.72. The number of nitrogens with zero attached hydrogens (tertiary/aromatic N) is 2. The molecule has 6 nitrogen and oxygen atoms in total. The Bertz CT molecular complexity index is 1010. The van der Waals surface area contributed by atoms with Gasteiger partial charge in [-0.25, -0.2) is 4.39 Å². The molecule has 1 fully saturated rings. The Kier molecular flexibility index (Phi) is 7.88. The molecule has 2 aromatic rings. The van der Waals surface area contributed by atoms with Crippen molar-refractivity contribution < 1.29 is 18.7 Å². The highest BCUT2D eigenvalue weighted by Gasteiger charge is 2.26. The van der Waals surface area contributed by atoms with Gasteiger partial charge in [-0.15, -0.1) is 0 Å². The topological polar surface area (TPSA) is 75.9 Å². The van der Waals surface area contributed by atoms with E-state index in [-0.39, 0.29) is 28.4 Å². The van der Waals surface area contributed by atoms with Crippen LogP contribution >= 0.6 is 11.6 Å². The second-order valence-electron chi connectivity index (χ2n) is 7.74. The second-order valence-corrected chi connectivity index (χ2v) is 8.15.